The van der Waals surface area contributed by atoms with Gasteiger partial charge in [0.2, 0.25) is 0 Å². The van der Waals surface area contributed by atoms with Crippen molar-refractivity contribution < 1.29 is 14.3 Å². The molecule has 1 aliphatic heterocycles. The monoisotopic (exact) mass is 274 g/mol. The molecule has 1 aromatic rings. The van der Waals surface area contributed by atoms with Gasteiger partial charge in [-0.3, -0.25) is 4.79 Å². The van der Waals surface area contributed by atoms with E-state index in [0.717, 1.165) is 6.42 Å². The molecule has 1 fully saturated rings. The largest absolute Gasteiger partial charge is 0.385 e. The van der Waals surface area contributed by atoms with E-state index in [2.05, 4.69) is 6.07 Å². The van der Waals surface area contributed by atoms with Crippen LogP contribution in [-0.2, 0) is 9.47 Å². The lowest BCUT2D eigenvalue weighted by Gasteiger charge is -2.33. The van der Waals surface area contributed by atoms with Gasteiger partial charge < -0.3 is 14.4 Å². The maximum atomic E-state index is 12.5. The van der Waals surface area contributed by atoms with Gasteiger partial charge in [0.05, 0.1) is 29.9 Å². The third kappa shape index (κ3) is 3.35. The van der Waals surface area contributed by atoms with Gasteiger partial charge in [-0.25, -0.2) is 0 Å². The number of ether oxygens (including phenoxy) is 2. The van der Waals surface area contributed by atoms with Crippen LogP contribution in [0.4, 0.5) is 0 Å². The number of benzene rings is 1. The molecule has 1 aliphatic rings. The lowest BCUT2D eigenvalue weighted by Crippen LogP contribution is -2.46. The molecule has 0 saturated carbocycles. The first kappa shape index (κ1) is 14.5. The van der Waals surface area contributed by atoms with Crippen molar-refractivity contribution in [2.45, 2.75) is 12.5 Å². The van der Waals surface area contributed by atoms with Crippen LogP contribution in [0.2, 0.25) is 0 Å². The molecule has 1 atom stereocenters. The molecular weight excluding hydrogens is 256 g/mol. The summed E-state index contributed by atoms with van der Waals surface area (Å²) in [6.45, 7) is 2.24. The quantitative estimate of drug-likeness (QED) is 0.833. The number of carbonyl (C=O) groups excluding carboxylic acids is 1. The summed E-state index contributed by atoms with van der Waals surface area (Å²) < 4.78 is 10.6. The number of nitrogens with zero attached hydrogens (tertiary/aromatic N) is 2. The van der Waals surface area contributed by atoms with E-state index in [4.69, 9.17) is 14.7 Å². The molecule has 2 rings (SSSR count). The molecule has 0 radical (unpaired) electrons. The van der Waals surface area contributed by atoms with Gasteiger partial charge in [-0.2, -0.15) is 5.26 Å². The molecule has 0 aromatic heterocycles. The maximum absolute atomic E-state index is 12.5. The number of nitriles is 1. The minimum absolute atomic E-state index is 0.00176. The van der Waals surface area contributed by atoms with Gasteiger partial charge in [-0.1, -0.05) is 12.1 Å². The number of carbonyl (C=O) groups is 1. The third-order valence-electron chi connectivity index (χ3n) is 3.35. The van der Waals surface area contributed by atoms with Crippen molar-refractivity contribution in [2.24, 2.45) is 0 Å². The first-order valence-corrected chi connectivity index (χ1v) is 6.65. The van der Waals surface area contributed by atoms with Crippen molar-refractivity contribution in [1.29, 1.82) is 5.26 Å². The Labute approximate surface area is 118 Å². The SMILES string of the molecule is COCC[C@@H]1CN(C(=O)c2ccccc2C#N)CCO1. The first-order valence-electron chi connectivity index (χ1n) is 6.65. The molecule has 20 heavy (non-hydrogen) atoms. The lowest BCUT2D eigenvalue weighted by atomic mass is 10.1. The maximum Gasteiger partial charge on any atom is 0.255 e. The van der Waals surface area contributed by atoms with Gasteiger partial charge in [0.1, 0.15) is 0 Å². The fourth-order valence-electron chi connectivity index (χ4n) is 2.27. The van der Waals surface area contributed by atoms with E-state index in [0.29, 0.717) is 37.4 Å². The lowest BCUT2D eigenvalue weighted by molar-refractivity contribution is -0.0332. The molecule has 1 heterocycles. The van der Waals surface area contributed by atoms with Crippen LogP contribution in [0.5, 0.6) is 0 Å². The minimum atomic E-state index is -0.104. The molecule has 5 nitrogen and oxygen atoms in total. The number of morpholine rings is 1. The number of rotatable bonds is 4. The van der Waals surface area contributed by atoms with Crippen molar-refractivity contribution in [3.63, 3.8) is 0 Å². The van der Waals surface area contributed by atoms with E-state index in [-0.39, 0.29) is 12.0 Å². The fourth-order valence-corrected chi connectivity index (χ4v) is 2.27. The Morgan fingerprint density at radius 1 is 1.55 bits per heavy atom. The molecule has 1 amide bonds. The van der Waals surface area contributed by atoms with Crippen LogP contribution < -0.4 is 0 Å². The molecule has 0 N–H and O–H groups in total. The van der Waals surface area contributed by atoms with Crippen molar-refractivity contribution in [3.05, 3.63) is 35.4 Å². The second kappa shape index (κ2) is 7.04. The first-order chi connectivity index (χ1) is 9.76. The number of hydrogen-bond donors (Lipinski definition) is 0. The standard InChI is InChI=1S/C15H18N2O3/c1-19-8-6-13-11-17(7-9-20-13)15(18)14-5-3-2-4-12(14)10-16/h2-5,13H,6-9,11H2,1H3/t13-/m1/s1. The van der Waals surface area contributed by atoms with Gasteiger partial charge in [-0.05, 0) is 18.6 Å². The highest BCUT2D eigenvalue weighted by atomic mass is 16.5. The molecule has 0 bridgehead atoms. The molecule has 5 heteroatoms. The Balaban J connectivity index is 2.07. The smallest absolute Gasteiger partial charge is 0.255 e. The van der Waals surface area contributed by atoms with E-state index in [1.807, 2.05) is 0 Å². The zero-order valence-electron chi connectivity index (χ0n) is 11.5. The normalized spacial score (nSPS) is 18.6. The molecule has 0 unspecified atom stereocenters. The summed E-state index contributed by atoms with van der Waals surface area (Å²) in [7, 11) is 1.65. The van der Waals surface area contributed by atoms with Gasteiger partial charge in [-0.15, -0.1) is 0 Å². The summed E-state index contributed by atoms with van der Waals surface area (Å²) in [5.74, 6) is -0.104. The van der Waals surface area contributed by atoms with Crippen molar-refractivity contribution >= 4 is 5.91 Å². The number of amides is 1. The number of methoxy groups -OCH3 is 1. The van der Waals surface area contributed by atoms with Gasteiger partial charge >= 0.3 is 0 Å². The Kier molecular flexibility index (Phi) is 5.10. The molecule has 106 valence electrons. The summed E-state index contributed by atoms with van der Waals surface area (Å²) in [6, 6.07) is 8.95. The Hall–Kier alpha value is -1.90. The minimum Gasteiger partial charge on any atom is -0.385 e. The van der Waals surface area contributed by atoms with E-state index in [1.54, 1.807) is 36.3 Å². The van der Waals surface area contributed by atoms with Gasteiger partial charge in [0, 0.05) is 26.8 Å². The van der Waals surface area contributed by atoms with Gasteiger partial charge in [0.25, 0.3) is 5.91 Å². The summed E-state index contributed by atoms with van der Waals surface area (Å²) in [5, 5.41) is 9.07. The van der Waals surface area contributed by atoms with Crippen LogP contribution in [-0.4, -0.2) is 50.3 Å². The Bertz CT molecular complexity index is 510. The van der Waals surface area contributed by atoms with E-state index in [1.165, 1.54) is 0 Å². The summed E-state index contributed by atoms with van der Waals surface area (Å²) >= 11 is 0. The van der Waals surface area contributed by atoms with Crippen LogP contribution in [0.1, 0.15) is 22.3 Å². The molecule has 0 spiro atoms. The Morgan fingerprint density at radius 2 is 2.35 bits per heavy atom. The average molecular weight is 274 g/mol. The predicted octanol–water partition coefficient (Wildman–Crippen LogP) is 1.44. The second-order valence-electron chi connectivity index (χ2n) is 4.68. The zero-order valence-corrected chi connectivity index (χ0v) is 11.5. The topological polar surface area (TPSA) is 62.6 Å². The third-order valence-corrected chi connectivity index (χ3v) is 3.35. The molecule has 0 aliphatic carbocycles. The average Bonchev–Trinajstić information content (AvgIpc) is 2.52. The molecular formula is C15H18N2O3. The van der Waals surface area contributed by atoms with Gasteiger partial charge in [0.15, 0.2) is 0 Å². The van der Waals surface area contributed by atoms with Crippen LogP contribution in [0.15, 0.2) is 24.3 Å². The van der Waals surface area contributed by atoms with Crippen LogP contribution >= 0.6 is 0 Å². The van der Waals surface area contributed by atoms with E-state index in [9.17, 15) is 4.79 Å². The zero-order chi connectivity index (χ0) is 14.4. The van der Waals surface area contributed by atoms with E-state index >= 15 is 0 Å². The second-order valence-corrected chi connectivity index (χ2v) is 4.68. The van der Waals surface area contributed by atoms with Crippen LogP contribution in [0, 0.1) is 11.3 Å². The van der Waals surface area contributed by atoms with E-state index < -0.39 is 0 Å². The summed E-state index contributed by atoms with van der Waals surface area (Å²) in [5.41, 5.74) is 0.875. The summed E-state index contributed by atoms with van der Waals surface area (Å²) in [6.07, 6.45) is 0.766. The fraction of sp³-hybridized carbons (Fsp3) is 0.467. The van der Waals surface area contributed by atoms with Crippen molar-refractivity contribution in [3.8, 4) is 6.07 Å². The molecule has 1 aromatic carbocycles. The highest BCUT2D eigenvalue weighted by molar-refractivity contribution is 5.96. The number of hydrogen-bond acceptors (Lipinski definition) is 4. The Morgan fingerprint density at radius 3 is 3.10 bits per heavy atom. The predicted molar refractivity (Wildman–Crippen MR) is 73.3 cm³/mol. The van der Waals surface area contributed by atoms with Crippen LogP contribution in [0.25, 0.3) is 0 Å². The highest BCUT2D eigenvalue weighted by Crippen LogP contribution is 2.15. The van der Waals surface area contributed by atoms with Crippen molar-refractivity contribution in [1.82, 2.24) is 4.90 Å². The summed E-state index contributed by atoms with van der Waals surface area (Å²) in [4.78, 5) is 14.2. The van der Waals surface area contributed by atoms with Crippen molar-refractivity contribution in [2.75, 3.05) is 33.4 Å². The highest BCUT2D eigenvalue weighted by Gasteiger charge is 2.26. The molecule has 1 saturated heterocycles. The van der Waals surface area contributed by atoms with Crippen LogP contribution in [0.3, 0.4) is 0 Å².